The van der Waals surface area contributed by atoms with Crippen molar-refractivity contribution in [2.75, 3.05) is 37.7 Å². The summed E-state index contributed by atoms with van der Waals surface area (Å²) in [5.74, 6) is 1.83. The minimum absolute atomic E-state index is 0.0128. The predicted molar refractivity (Wildman–Crippen MR) is 153 cm³/mol. The van der Waals surface area contributed by atoms with Crippen molar-refractivity contribution in [3.05, 3.63) is 53.9 Å². The van der Waals surface area contributed by atoms with Crippen LogP contribution >= 0.6 is 11.9 Å². The number of fused-ring (bicyclic) bond motifs is 1. The Morgan fingerprint density at radius 2 is 1.86 bits per heavy atom. The zero-order valence-electron chi connectivity index (χ0n) is 23.1. The van der Waals surface area contributed by atoms with Crippen LogP contribution in [0.4, 0.5) is 5.69 Å². The molecule has 2 N–H and O–H groups in total. The first-order chi connectivity index (χ1) is 17.6. The molecule has 1 aliphatic rings. The van der Waals surface area contributed by atoms with Gasteiger partial charge in [-0.15, -0.1) is 0 Å². The molecule has 0 aliphatic carbocycles. The standard InChI is InChI=1S/C23H30N4O2S.C6H12O/c1-6-27-20-12-9-17(15-19(20)25-22(27)23(2,3)4)26(5)30-18-10-7-16(8-11-18)21(29)24-13-14-28;1-6-2-4-7-5-3-6/h7-12,15,28H,6,13-14H2,1-5H3,(H,24,29);6H,2-5H2,1H3. The normalized spacial score (nSPS) is 14.2. The molecule has 1 saturated heterocycles. The molecule has 7 nitrogen and oxygen atoms in total. The summed E-state index contributed by atoms with van der Waals surface area (Å²) >= 11 is 1.59. The van der Waals surface area contributed by atoms with E-state index in [1.807, 2.05) is 19.2 Å². The maximum absolute atomic E-state index is 12.0. The first-order valence-corrected chi connectivity index (χ1v) is 13.9. The molecule has 0 radical (unpaired) electrons. The average molecular weight is 527 g/mol. The Labute approximate surface area is 225 Å². The number of aliphatic hydroxyl groups is 1. The number of nitrogens with zero attached hydrogens (tertiary/aromatic N) is 3. The molecule has 3 aromatic rings. The Morgan fingerprint density at radius 1 is 1.19 bits per heavy atom. The van der Waals surface area contributed by atoms with Crippen LogP contribution in [0.5, 0.6) is 0 Å². The lowest BCUT2D eigenvalue weighted by atomic mass is 9.96. The number of carbonyl (C=O) groups excluding carboxylic acids is 1. The predicted octanol–water partition coefficient (Wildman–Crippen LogP) is 5.65. The number of hydrogen-bond donors (Lipinski definition) is 2. The number of hydrogen-bond acceptors (Lipinski definition) is 6. The largest absolute Gasteiger partial charge is 0.395 e. The maximum Gasteiger partial charge on any atom is 0.251 e. The van der Waals surface area contributed by atoms with Crippen LogP contribution in [0.25, 0.3) is 11.0 Å². The van der Waals surface area contributed by atoms with Crippen LogP contribution in [0.15, 0.2) is 47.4 Å². The fraction of sp³-hybridized carbons (Fsp3) is 0.517. The zero-order valence-corrected chi connectivity index (χ0v) is 23.9. The monoisotopic (exact) mass is 526 g/mol. The lowest BCUT2D eigenvalue weighted by molar-refractivity contribution is 0.0716. The smallest absolute Gasteiger partial charge is 0.251 e. The van der Waals surface area contributed by atoms with Gasteiger partial charge in [-0.2, -0.15) is 0 Å². The minimum Gasteiger partial charge on any atom is -0.395 e. The molecule has 1 aliphatic heterocycles. The molecule has 8 heteroatoms. The van der Waals surface area contributed by atoms with E-state index in [1.54, 1.807) is 24.1 Å². The second kappa shape index (κ2) is 13.3. The highest BCUT2D eigenvalue weighted by Crippen LogP contribution is 2.32. The van der Waals surface area contributed by atoms with Crippen molar-refractivity contribution in [2.24, 2.45) is 5.92 Å². The molecule has 0 saturated carbocycles. The molecule has 2 heterocycles. The van der Waals surface area contributed by atoms with Gasteiger partial charge >= 0.3 is 0 Å². The summed E-state index contributed by atoms with van der Waals surface area (Å²) in [6.07, 6.45) is 2.53. The molecule has 2 aromatic carbocycles. The molecule has 4 rings (SSSR count). The van der Waals surface area contributed by atoms with Gasteiger partial charge in [0.1, 0.15) is 5.82 Å². The van der Waals surface area contributed by atoms with E-state index in [2.05, 4.69) is 67.0 Å². The highest BCUT2D eigenvalue weighted by molar-refractivity contribution is 8.00. The van der Waals surface area contributed by atoms with Gasteiger partial charge in [0.2, 0.25) is 0 Å². The second-order valence-corrected chi connectivity index (χ2v) is 11.7. The van der Waals surface area contributed by atoms with E-state index in [0.717, 1.165) is 53.1 Å². The van der Waals surface area contributed by atoms with E-state index < -0.39 is 0 Å². The molecule has 0 unspecified atom stereocenters. The molecule has 37 heavy (non-hydrogen) atoms. The van der Waals surface area contributed by atoms with Gasteiger partial charge < -0.3 is 24.0 Å². The number of rotatable bonds is 7. The summed E-state index contributed by atoms with van der Waals surface area (Å²) in [5, 5.41) is 11.5. The van der Waals surface area contributed by atoms with Crippen LogP contribution in [0.3, 0.4) is 0 Å². The molecule has 0 spiro atoms. The van der Waals surface area contributed by atoms with Crippen molar-refractivity contribution >= 4 is 34.6 Å². The third kappa shape index (κ3) is 7.97. The summed E-state index contributed by atoms with van der Waals surface area (Å²) in [6.45, 7) is 14.1. The van der Waals surface area contributed by atoms with E-state index >= 15 is 0 Å². The number of benzene rings is 2. The summed E-state index contributed by atoms with van der Waals surface area (Å²) in [4.78, 5) is 17.9. The zero-order chi connectivity index (χ0) is 27.0. The van der Waals surface area contributed by atoms with E-state index in [9.17, 15) is 4.79 Å². The lowest BCUT2D eigenvalue weighted by Crippen LogP contribution is -2.26. The van der Waals surface area contributed by atoms with Crippen LogP contribution in [-0.4, -0.2) is 54.0 Å². The van der Waals surface area contributed by atoms with Crippen molar-refractivity contribution in [3.8, 4) is 0 Å². The summed E-state index contributed by atoms with van der Waals surface area (Å²) < 4.78 is 9.52. The first-order valence-electron chi connectivity index (χ1n) is 13.1. The van der Waals surface area contributed by atoms with Crippen molar-refractivity contribution in [3.63, 3.8) is 0 Å². The first kappa shape index (κ1) is 29.0. The topological polar surface area (TPSA) is 79.6 Å². The Hall–Kier alpha value is -2.55. The number of aliphatic hydroxyl groups excluding tert-OH is 1. The van der Waals surface area contributed by atoms with Gasteiger partial charge in [-0.25, -0.2) is 4.98 Å². The molecular weight excluding hydrogens is 484 g/mol. The molecular formula is C29H42N4O3S. The minimum atomic E-state index is -0.180. The lowest BCUT2D eigenvalue weighted by Gasteiger charge is -2.19. The summed E-state index contributed by atoms with van der Waals surface area (Å²) in [7, 11) is 2.02. The highest BCUT2D eigenvalue weighted by atomic mass is 32.2. The van der Waals surface area contributed by atoms with Crippen LogP contribution in [0.2, 0.25) is 0 Å². The summed E-state index contributed by atoms with van der Waals surface area (Å²) in [6, 6.07) is 13.8. The van der Waals surface area contributed by atoms with Gasteiger partial charge in [0.15, 0.2) is 0 Å². The van der Waals surface area contributed by atoms with Crippen molar-refractivity contribution in [2.45, 2.75) is 64.3 Å². The van der Waals surface area contributed by atoms with Crippen LogP contribution in [0.1, 0.15) is 63.6 Å². The average Bonchev–Trinajstić information content (AvgIpc) is 3.27. The fourth-order valence-corrected chi connectivity index (χ4v) is 4.96. The number of imidazole rings is 1. The Balaban J connectivity index is 0.000000468. The molecule has 1 amide bonds. The number of aromatic nitrogens is 2. The fourth-order valence-electron chi connectivity index (χ4n) is 4.17. The third-order valence-electron chi connectivity index (χ3n) is 6.35. The van der Waals surface area contributed by atoms with Crippen LogP contribution in [0, 0.1) is 5.92 Å². The van der Waals surface area contributed by atoms with Crippen molar-refractivity contribution < 1.29 is 14.6 Å². The number of nitrogens with one attached hydrogen (secondary N) is 1. The van der Waals surface area contributed by atoms with Crippen molar-refractivity contribution in [1.29, 1.82) is 0 Å². The number of carbonyl (C=O) groups is 1. The van der Waals surface area contributed by atoms with Gasteiger partial charge in [-0.1, -0.05) is 27.7 Å². The Kier molecular flexibility index (Phi) is 10.4. The second-order valence-electron chi connectivity index (χ2n) is 10.5. The summed E-state index contributed by atoms with van der Waals surface area (Å²) in [5.41, 5.74) is 3.79. The molecule has 1 aromatic heterocycles. The number of aryl methyl sites for hydroxylation is 1. The van der Waals surface area contributed by atoms with Gasteiger partial charge in [-0.05, 0) is 80.1 Å². The van der Waals surface area contributed by atoms with Gasteiger partial charge in [0, 0.05) is 54.9 Å². The number of amides is 1. The number of ether oxygens (including phenoxy) is 1. The van der Waals surface area contributed by atoms with Crippen LogP contribution < -0.4 is 9.62 Å². The molecule has 0 atom stereocenters. The molecule has 202 valence electrons. The number of anilines is 1. The van der Waals surface area contributed by atoms with E-state index in [4.69, 9.17) is 14.8 Å². The third-order valence-corrected chi connectivity index (χ3v) is 7.32. The van der Waals surface area contributed by atoms with Crippen LogP contribution in [-0.2, 0) is 16.7 Å². The maximum atomic E-state index is 12.0. The quantitative estimate of drug-likeness (QED) is 0.387. The van der Waals surface area contributed by atoms with Gasteiger partial charge in [0.05, 0.1) is 17.6 Å². The SMILES string of the molecule is CC1CCOCC1.CCn1c(C(C)(C)C)nc2cc(N(C)Sc3ccc(C(=O)NCCO)cc3)ccc21. The molecule has 0 bridgehead atoms. The van der Waals surface area contributed by atoms with Gasteiger partial charge in [0.25, 0.3) is 5.91 Å². The van der Waals surface area contributed by atoms with Gasteiger partial charge in [-0.3, -0.25) is 4.79 Å². The van der Waals surface area contributed by atoms with E-state index in [-0.39, 0.29) is 24.5 Å². The Morgan fingerprint density at radius 3 is 2.41 bits per heavy atom. The molecule has 1 fully saturated rings. The van der Waals surface area contributed by atoms with E-state index in [0.29, 0.717) is 5.56 Å². The van der Waals surface area contributed by atoms with E-state index in [1.165, 1.54) is 12.8 Å². The highest BCUT2D eigenvalue weighted by Gasteiger charge is 2.22. The Bertz CT molecular complexity index is 1150. The van der Waals surface area contributed by atoms with Crippen molar-refractivity contribution in [1.82, 2.24) is 14.9 Å².